The van der Waals surface area contributed by atoms with Crippen LogP contribution in [0.4, 0.5) is 4.79 Å². The van der Waals surface area contributed by atoms with Gasteiger partial charge in [0.05, 0.1) is 12.6 Å². The normalized spacial score (nSPS) is 14.0. The fraction of sp³-hybridized carbons (Fsp3) is 0.600. The van der Waals surface area contributed by atoms with Gasteiger partial charge in [-0.3, -0.25) is 4.90 Å². The number of aliphatic carboxylic acids is 1. The summed E-state index contributed by atoms with van der Waals surface area (Å²) in [6.07, 6.45) is -0.931. The van der Waals surface area contributed by atoms with Crippen molar-refractivity contribution in [1.82, 2.24) is 4.90 Å². The van der Waals surface area contributed by atoms with Gasteiger partial charge in [0.15, 0.2) is 0 Å². The van der Waals surface area contributed by atoms with E-state index in [1.807, 2.05) is 25.1 Å². The number of ether oxygens (including phenoxy) is 1. The molecule has 0 radical (unpaired) electrons. The maximum atomic E-state index is 12.6. The second-order valence-electron chi connectivity index (χ2n) is 7.77. The molecule has 0 saturated carbocycles. The lowest BCUT2D eigenvalue weighted by molar-refractivity contribution is -0.145. The summed E-state index contributed by atoms with van der Waals surface area (Å²) in [6.45, 7) is 10.5. The number of carboxylic acids is 1. The molecule has 0 bridgehead atoms. The summed E-state index contributed by atoms with van der Waals surface area (Å²) in [7, 11) is 0. The summed E-state index contributed by atoms with van der Waals surface area (Å²) in [5.74, 6) is -1.46. The van der Waals surface area contributed by atoms with E-state index in [0.717, 1.165) is 16.9 Å². The maximum Gasteiger partial charge on any atom is 0.411 e. The van der Waals surface area contributed by atoms with Gasteiger partial charge >= 0.3 is 12.1 Å². The number of nitrogens with zero attached hydrogens (tertiary/aromatic N) is 1. The molecule has 2 N–H and O–H groups in total. The molecular weight excluding hydrogens is 334 g/mol. The first-order chi connectivity index (χ1) is 12.0. The van der Waals surface area contributed by atoms with Gasteiger partial charge in [-0.25, -0.2) is 9.59 Å². The SMILES string of the molecule is CCc1cccc(C(O)CN(C(=O)OC(C)(C)C)[C@@H](C(=O)O)C(C)C)c1. The zero-order valence-corrected chi connectivity index (χ0v) is 16.5. The molecule has 1 aromatic rings. The number of aryl methyl sites for hydroxylation is 1. The van der Waals surface area contributed by atoms with E-state index in [1.165, 1.54) is 0 Å². The standard InChI is InChI=1S/C20H31NO5/c1-7-14-9-8-10-15(11-14)16(22)12-21(17(13(2)3)18(23)24)19(25)26-20(4,5)6/h8-11,13,16-17,22H,7,12H2,1-6H3,(H,23,24)/t16?,17-/m1/s1. The molecule has 0 aliphatic carbocycles. The molecule has 6 nitrogen and oxygen atoms in total. The lowest BCUT2D eigenvalue weighted by Gasteiger charge is -2.34. The van der Waals surface area contributed by atoms with E-state index < -0.39 is 29.8 Å². The van der Waals surface area contributed by atoms with Crippen LogP contribution in [-0.2, 0) is 16.0 Å². The van der Waals surface area contributed by atoms with Crippen molar-refractivity contribution >= 4 is 12.1 Å². The highest BCUT2D eigenvalue weighted by Gasteiger charge is 2.36. The Kier molecular flexibility index (Phi) is 7.63. The van der Waals surface area contributed by atoms with Crippen LogP contribution in [0.25, 0.3) is 0 Å². The fourth-order valence-electron chi connectivity index (χ4n) is 2.71. The highest BCUT2D eigenvalue weighted by Crippen LogP contribution is 2.22. The maximum absolute atomic E-state index is 12.6. The molecule has 1 amide bonds. The number of aliphatic hydroxyl groups is 1. The van der Waals surface area contributed by atoms with Gasteiger partial charge < -0.3 is 14.9 Å². The zero-order valence-electron chi connectivity index (χ0n) is 16.5. The van der Waals surface area contributed by atoms with Gasteiger partial charge in [-0.15, -0.1) is 0 Å². The smallest absolute Gasteiger partial charge is 0.411 e. The largest absolute Gasteiger partial charge is 0.480 e. The third-order valence-corrected chi connectivity index (χ3v) is 3.96. The van der Waals surface area contributed by atoms with Crippen molar-refractivity contribution in [3.8, 4) is 0 Å². The molecule has 1 unspecified atom stereocenters. The van der Waals surface area contributed by atoms with Gasteiger partial charge in [-0.2, -0.15) is 0 Å². The number of carboxylic acid groups (broad SMARTS) is 1. The van der Waals surface area contributed by atoms with Crippen molar-refractivity contribution in [2.24, 2.45) is 5.92 Å². The highest BCUT2D eigenvalue weighted by atomic mass is 16.6. The van der Waals surface area contributed by atoms with E-state index in [0.29, 0.717) is 5.56 Å². The van der Waals surface area contributed by atoms with Gasteiger partial charge in [0.25, 0.3) is 0 Å². The second-order valence-corrected chi connectivity index (χ2v) is 7.77. The predicted octanol–water partition coefficient (Wildman–Crippen LogP) is 3.63. The summed E-state index contributed by atoms with van der Waals surface area (Å²) in [5, 5.41) is 20.2. The summed E-state index contributed by atoms with van der Waals surface area (Å²) in [5.41, 5.74) is 0.942. The van der Waals surface area contributed by atoms with Gasteiger partial charge in [-0.1, -0.05) is 45.0 Å². The van der Waals surface area contributed by atoms with Crippen LogP contribution in [0.2, 0.25) is 0 Å². The number of amides is 1. The highest BCUT2D eigenvalue weighted by molar-refractivity contribution is 5.80. The van der Waals surface area contributed by atoms with Crippen LogP contribution in [0.1, 0.15) is 58.8 Å². The average Bonchev–Trinajstić information content (AvgIpc) is 2.51. The first-order valence-electron chi connectivity index (χ1n) is 8.95. The van der Waals surface area contributed by atoms with Gasteiger partial charge in [0.1, 0.15) is 11.6 Å². The lowest BCUT2D eigenvalue weighted by atomic mass is 10.0. The second kappa shape index (κ2) is 9.03. The van der Waals surface area contributed by atoms with Crippen molar-refractivity contribution < 1.29 is 24.5 Å². The van der Waals surface area contributed by atoms with Crippen molar-refractivity contribution in [3.63, 3.8) is 0 Å². The van der Waals surface area contributed by atoms with Crippen LogP contribution in [-0.4, -0.2) is 45.4 Å². The topological polar surface area (TPSA) is 87.1 Å². The number of hydrogen-bond donors (Lipinski definition) is 2. The van der Waals surface area contributed by atoms with E-state index >= 15 is 0 Å². The van der Waals surface area contributed by atoms with E-state index in [4.69, 9.17) is 4.74 Å². The minimum Gasteiger partial charge on any atom is -0.480 e. The molecule has 1 aromatic carbocycles. The Morgan fingerprint density at radius 2 is 1.85 bits per heavy atom. The average molecular weight is 365 g/mol. The molecular formula is C20H31NO5. The van der Waals surface area contributed by atoms with Crippen molar-refractivity contribution in [3.05, 3.63) is 35.4 Å². The molecule has 0 spiro atoms. The van der Waals surface area contributed by atoms with Crippen LogP contribution in [0, 0.1) is 5.92 Å². The van der Waals surface area contributed by atoms with E-state index in [1.54, 1.807) is 40.7 Å². The summed E-state index contributed by atoms with van der Waals surface area (Å²) >= 11 is 0. The molecule has 0 aliphatic heterocycles. The Balaban J connectivity index is 3.14. The Hall–Kier alpha value is -2.08. The number of rotatable bonds is 7. The monoisotopic (exact) mass is 365 g/mol. The molecule has 2 atom stereocenters. The van der Waals surface area contributed by atoms with Crippen LogP contribution in [0.3, 0.4) is 0 Å². The molecule has 0 heterocycles. The minimum atomic E-state index is -1.12. The predicted molar refractivity (Wildman–Crippen MR) is 100.0 cm³/mol. The Morgan fingerprint density at radius 1 is 1.23 bits per heavy atom. The molecule has 1 rings (SSSR count). The zero-order chi connectivity index (χ0) is 20.1. The van der Waals surface area contributed by atoms with Crippen LogP contribution >= 0.6 is 0 Å². The molecule has 0 fully saturated rings. The Morgan fingerprint density at radius 3 is 2.31 bits per heavy atom. The first kappa shape index (κ1) is 22.0. The molecule has 146 valence electrons. The number of aliphatic hydroxyl groups excluding tert-OH is 1. The van der Waals surface area contributed by atoms with Crippen molar-refractivity contribution in [1.29, 1.82) is 0 Å². The summed E-state index contributed by atoms with van der Waals surface area (Å²) < 4.78 is 5.38. The third kappa shape index (κ3) is 6.33. The van der Waals surface area contributed by atoms with Crippen LogP contribution in [0.15, 0.2) is 24.3 Å². The van der Waals surface area contributed by atoms with Crippen LogP contribution < -0.4 is 0 Å². The summed E-state index contributed by atoms with van der Waals surface area (Å²) in [6, 6.07) is 6.34. The van der Waals surface area contributed by atoms with E-state index in [2.05, 4.69) is 0 Å². The number of benzene rings is 1. The number of carbonyl (C=O) groups excluding carboxylic acids is 1. The lowest BCUT2D eigenvalue weighted by Crippen LogP contribution is -2.51. The fourth-order valence-corrected chi connectivity index (χ4v) is 2.71. The molecule has 6 heteroatoms. The Labute approximate surface area is 155 Å². The molecule has 0 aromatic heterocycles. The number of carbonyl (C=O) groups is 2. The van der Waals surface area contributed by atoms with Crippen molar-refractivity contribution in [2.75, 3.05) is 6.54 Å². The van der Waals surface area contributed by atoms with Crippen molar-refractivity contribution in [2.45, 2.75) is 65.7 Å². The third-order valence-electron chi connectivity index (χ3n) is 3.96. The van der Waals surface area contributed by atoms with Gasteiger partial charge in [0.2, 0.25) is 0 Å². The minimum absolute atomic E-state index is 0.156. The Bertz CT molecular complexity index is 621. The van der Waals surface area contributed by atoms with Gasteiger partial charge in [-0.05, 0) is 44.2 Å². The first-order valence-corrected chi connectivity index (χ1v) is 8.95. The summed E-state index contributed by atoms with van der Waals surface area (Å²) in [4.78, 5) is 25.5. The molecule has 0 saturated heterocycles. The van der Waals surface area contributed by atoms with Gasteiger partial charge in [0, 0.05) is 0 Å². The molecule has 26 heavy (non-hydrogen) atoms. The van der Waals surface area contributed by atoms with Crippen LogP contribution in [0.5, 0.6) is 0 Å². The quantitative estimate of drug-likeness (QED) is 0.770. The van der Waals surface area contributed by atoms with E-state index in [9.17, 15) is 19.8 Å². The molecule has 0 aliphatic rings. The van der Waals surface area contributed by atoms with E-state index in [-0.39, 0.29) is 12.5 Å². The number of hydrogen-bond acceptors (Lipinski definition) is 4.